The molecule has 1 fully saturated rings. The van der Waals surface area contributed by atoms with Crippen molar-refractivity contribution in [2.24, 2.45) is 5.92 Å². The zero-order valence-corrected chi connectivity index (χ0v) is 13.5. The Morgan fingerprint density at radius 3 is 2.61 bits per heavy atom. The second-order valence-corrected chi connectivity index (χ2v) is 6.37. The van der Waals surface area contributed by atoms with Gasteiger partial charge in [-0.05, 0) is 56.5 Å². The smallest absolute Gasteiger partial charge is 0.348 e. The van der Waals surface area contributed by atoms with Crippen LogP contribution in [0.4, 0.5) is 13.2 Å². The van der Waals surface area contributed by atoms with Crippen LogP contribution in [0.25, 0.3) is 0 Å². The van der Waals surface area contributed by atoms with Gasteiger partial charge in [-0.3, -0.25) is 9.69 Å². The standard InChI is InChI=1S/C17H23F3N2O/c1-12-6-8-22(9-7-12)11-16(23)21-13(2)14-4-3-5-15(10-14)17(18,19)20/h3-5,10,12-13H,6-9,11H2,1-2H3,(H,21,23). The highest BCUT2D eigenvalue weighted by molar-refractivity contribution is 5.78. The van der Waals surface area contributed by atoms with Crippen molar-refractivity contribution in [3.05, 3.63) is 35.4 Å². The fourth-order valence-electron chi connectivity index (χ4n) is 2.78. The van der Waals surface area contributed by atoms with Gasteiger partial charge in [0.25, 0.3) is 0 Å². The number of benzene rings is 1. The lowest BCUT2D eigenvalue weighted by molar-refractivity contribution is -0.137. The van der Waals surface area contributed by atoms with Gasteiger partial charge in [-0.15, -0.1) is 0 Å². The summed E-state index contributed by atoms with van der Waals surface area (Å²) in [5.41, 5.74) is -0.235. The maximum Gasteiger partial charge on any atom is 0.416 e. The Labute approximate surface area is 134 Å². The van der Waals surface area contributed by atoms with Crippen LogP contribution in [-0.2, 0) is 11.0 Å². The molecule has 1 amide bonds. The number of halogens is 3. The maximum absolute atomic E-state index is 12.7. The molecule has 1 saturated heterocycles. The number of likely N-dealkylation sites (tertiary alicyclic amines) is 1. The molecule has 6 heteroatoms. The second kappa shape index (κ2) is 7.34. The summed E-state index contributed by atoms with van der Waals surface area (Å²) < 4.78 is 38.2. The van der Waals surface area contributed by atoms with E-state index in [1.54, 1.807) is 13.0 Å². The lowest BCUT2D eigenvalue weighted by Gasteiger charge is -2.30. The number of rotatable bonds is 4. The number of hydrogen-bond acceptors (Lipinski definition) is 2. The molecule has 0 aromatic heterocycles. The van der Waals surface area contributed by atoms with Gasteiger partial charge in [0.05, 0.1) is 18.2 Å². The molecular weight excluding hydrogens is 305 g/mol. The summed E-state index contributed by atoms with van der Waals surface area (Å²) in [5.74, 6) is 0.544. The van der Waals surface area contributed by atoms with Gasteiger partial charge in [0, 0.05) is 0 Å². The Morgan fingerprint density at radius 2 is 2.00 bits per heavy atom. The summed E-state index contributed by atoms with van der Waals surface area (Å²) >= 11 is 0. The SMILES string of the molecule is CC1CCN(CC(=O)NC(C)c2cccc(C(F)(F)F)c2)CC1. The molecule has 1 aliphatic rings. The third-order valence-electron chi connectivity index (χ3n) is 4.33. The highest BCUT2D eigenvalue weighted by atomic mass is 19.4. The molecule has 3 nitrogen and oxygen atoms in total. The van der Waals surface area contributed by atoms with Gasteiger partial charge in [0.15, 0.2) is 0 Å². The quantitative estimate of drug-likeness (QED) is 0.916. The fraction of sp³-hybridized carbons (Fsp3) is 0.588. The van der Waals surface area contributed by atoms with E-state index in [4.69, 9.17) is 0 Å². The fourth-order valence-corrected chi connectivity index (χ4v) is 2.78. The summed E-state index contributed by atoms with van der Waals surface area (Å²) in [6, 6.07) is 4.64. The third-order valence-corrected chi connectivity index (χ3v) is 4.33. The van der Waals surface area contributed by atoms with Gasteiger partial charge in [-0.25, -0.2) is 0 Å². The molecular formula is C17H23F3N2O. The minimum absolute atomic E-state index is 0.149. The van der Waals surface area contributed by atoms with Crippen LogP contribution in [0.5, 0.6) is 0 Å². The van der Waals surface area contributed by atoms with E-state index in [1.807, 2.05) is 0 Å². The van der Waals surface area contributed by atoms with Gasteiger partial charge in [-0.2, -0.15) is 13.2 Å². The van der Waals surface area contributed by atoms with Crippen molar-refractivity contribution < 1.29 is 18.0 Å². The number of piperidine rings is 1. The number of hydrogen-bond donors (Lipinski definition) is 1. The van der Waals surface area contributed by atoms with E-state index in [2.05, 4.69) is 17.1 Å². The number of carbonyl (C=O) groups excluding carboxylic acids is 1. The van der Waals surface area contributed by atoms with Crippen LogP contribution in [0.15, 0.2) is 24.3 Å². The van der Waals surface area contributed by atoms with E-state index in [9.17, 15) is 18.0 Å². The predicted octanol–water partition coefficient (Wildman–Crippen LogP) is 3.61. The van der Waals surface area contributed by atoms with E-state index in [0.717, 1.165) is 38.1 Å². The Hall–Kier alpha value is -1.56. The summed E-state index contributed by atoms with van der Waals surface area (Å²) in [6.07, 6.45) is -2.21. The predicted molar refractivity (Wildman–Crippen MR) is 82.8 cm³/mol. The van der Waals surface area contributed by atoms with E-state index in [1.165, 1.54) is 6.07 Å². The molecule has 1 aliphatic heterocycles. The van der Waals surface area contributed by atoms with Gasteiger partial charge < -0.3 is 5.32 Å². The van der Waals surface area contributed by atoms with E-state index >= 15 is 0 Å². The van der Waals surface area contributed by atoms with Crippen LogP contribution in [0.2, 0.25) is 0 Å². The molecule has 1 unspecified atom stereocenters. The van der Waals surface area contributed by atoms with Crippen LogP contribution in [0, 0.1) is 5.92 Å². The minimum Gasteiger partial charge on any atom is -0.348 e. The zero-order valence-electron chi connectivity index (χ0n) is 13.5. The summed E-state index contributed by atoms with van der Waals surface area (Å²) in [5, 5.41) is 2.79. The average Bonchev–Trinajstić information content (AvgIpc) is 2.49. The zero-order chi connectivity index (χ0) is 17.0. The number of alkyl halides is 3. The summed E-state index contributed by atoms with van der Waals surface area (Å²) in [4.78, 5) is 14.2. The number of nitrogens with zero attached hydrogens (tertiary/aromatic N) is 1. The monoisotopic (exact) mass is 328 g/mol. The molecule has 0 aliphatic carbocycles. The highest BCUT2D eigenvalue weighted by Gasteiger charge is 2.30. The van der Waals surface area contributed by atoms with Gasteiger partial charge in [0.2, 0.25) is 5.91 Å². The van der Waals surface area contributed by atoms with Crippen molar-refractivity contribution in [2.75, 3.05) is 19.6 Å². The van der Waals surface area contributed by atoms with Crippen molar-refractivity contribution in [3.8, 4) is 0 Å². The Morgan fingerprint density at radius 1 is 1.35 bits per heavy atom. The molecule has 23 heavy (non-hydrogen) atoms. The number of amides is 1. The van der Waals surface area contributed by atoms with Crippen molar-refractivity contribution >= 4 is 5.91 Å². The van der Waals surface area contributed by atoms with Crippen LogP contribution < -0.4 is 5.32 Å². The molecule has 0 bridgehead atoms. The molecule has 1 heterocycles. The number of nitrogens with one attached hydrogen (secondary N) is 1. The van der Waals surface area contributed by atoms with Crippen molar-refractivity contribution in [2.45, 2.75) is 38.9 Å². The third kappa shape index (κ3) is 5.23. The van der Waals surface area contributed by atoms with E-state index in [0.29, 0.717) is 18.0 Å². The van der Waals surface area contributed by atoms with Crippen LogP contribution in [-0.4, -0.2) is 30.4 Å². The summed E-state index contributed by atoms with van der Waals surface area (Å²) in [7, 11) is 0. The van der Waals surface area contributed by atoms with Crippen molar-refractivity contribution in [3.63, 3.8) is 0 Å². The first-order valence-electron chi connectivity index (χ1n) is 7.94. The normalized spacial score (nSPS) is 18.7. The first kappa shape index (κ1) is 17.8. The van der Waals surface area contributed by atoms with Crippen LogP contribution >= 0.6 is 0 Å². The van der Waals surface area contributed by atoms with Crippen LogP contribution in [0.3, 0.4) is 0 Å². The first-order valence-corrected chi connectivity index (χ1v) is 7.94. The highest BCUT2D eigenvalue weighted by Crippen LogP contribution is 2.30. The van der Waals surface area contributed by atoms with E-state index < -0.39 is 17.8 Å². The lowest BCUT2D eigenvalue weighted by atomic mass is 9.99. The van der Waals surface area contributed by atoms with Gasteiger partial charge in [-0.1, -0.05) is 19.1 Å². The molecule has 0 radical (unpaired) electrons. The van der Waals surface area contributed by atoms with Crippen LogP contribution in [0.1, 0.15) is 43.9 Å². The van der Waals surface area contributed by atoms with Gasteiger partial charge in [0.1, 0.15) is 0 Å². The second-order valence-electron chi connectivity index (χ2n) is 6.37. The molecule has 0 saturated carbocycles. The van der Waals surface area contributed by atoms with Gasteiger partial charge >= 0.3 is 6.18 Å². The largest absolute Gasteiger partial charge is 0.416 e. The molecule has 128 valence electrons. The average molecular weight is 328 g/mol. The molecule has 0 spiro atoms. The first-order chi connectivity index (χ1) is 10.8. The Bertz CT molecular complexity index is 537. The topological polar surface area (TPSA) is 32.3 Å². The molecule has 2 rings (SSSR count). The van der Waals surface area contributed by atoms with Crippen molar-refractivity contribution in [1.82, 2.24) is 10.2 Å². The molecule has 1 aromatic carbocycles. The molecule has 1 aromatic rings. The molecule has 1 N–H and O–H groups in total. The van der Waals surface area contributed by atoms with Crippen molar-refractivity contribution in [1.29, 1.82) is 0 Å². The molecule has 1 atom stereocenters. The van der Waals surface area contributed by atoms with E-state index in [-0.39, 0.29) is 5.91 Å². The maximum atomic E-state index is 12.7. The Balaban J connectivity index is 1.91. The minimum atomic E-state index is -4.37. The number of carbonyl (C=O) groups is 1. The Kier molecular flexibility index (Phi) is 5.68. The lowest BCUT2D eigenvalue weighted by Crippen LogP contribution is -2.41. The summed E-state index contributed by atoms with van der Waals surface area (Å²) in [6.45, 7) is 5.99.